The van der Waals surface area contributed by atoms with E-state index in [0.29, 0.717) is 5.92 Å². The summed E-state index contributed by atoms with van der Waals surface area (Å²) in [4.78, 5) is 11.9. The van der Waals surface area contributed by atoms with Gasteiger partial charge < -0.3 is 10.6 Å². The van der Waals surface area contributed by atoms with Crippen LogP contribution in [0.2, 0.25) is 0 Å². The van der Waals surface area contributed by atoms with Crippen LogP contribution in [0.5, 0.6) is 0 Å². The van der Waals surface area contributed by atoms with Crippen molar-refractivity contribution < 1.29 is 4.79 Å². The Kier molecular flexibility index (Phi) is 5.09. The fraction of sp³-hybridized carbons (Fsp3) is 0.917. The van der Waals surface area contributed by atoms with Crippen molar-refractivity contribution in [2.75, 3.05) is 6.54 Å². The number of hydrogen-bond acceptors (Lipinski definition) is 2. The smallest absolute Gasteiger partial charge is 0.237 e. The van der Waals surface area contributed by atoms with E-state index < -0.39 is 0 Å². The fourth-order valence-corrected chi connectivity index (χ4v) is 1.90. The second kappa shape index (κ2) is 6.11. The van der Waals surface area contributed by atoms with E-state index in [0.717, 1.165) is 19.4 Å². The van der Waals surface area contributed by atoms with E-state index in [4.69, 9.17) is 0 Å². The Bertz CT molecular complexity index is 200. The van der Waals surface area contributed by atoms with Crippen molar-refractivity contribution in [3.05, 3.63) is 0 Å². The van der Waals surface area contributed by atoms with Crippen LogP contribution in [0.3, 0.4) is 0 Å². The summed E-state index contributed by atoms with van der Waals surface area (Å²) < 4.78 is 0. The Morgan fingerprint density at radius 1 is 1.47 bits per heavy atom. The van der Waals surface area contributed by atoms with Crippen LogP contribution in [0.25, 0.3) is 0 Å². The number of rotatable bonds is 4. The summed E-state index contributed by atoms with van der Waals surface area (Å²) >= 11 is 0. The molecule has 0 aromatic rings. The van der Waals surface area contributed by atoms with Crippen LogP contribution < -0.4 is 10.6 Å². The first-order valence-electron chi connectivity index (χ1n) is 6.19. The molecule has 2 unspecified atom stereocenters. The standard InChI is InChI=1S/C12H24N2O/c1-4-9(2)10(3)14-12(15)11-7-5-6-8-13-11/h9-11,13H,4-8H2,1-3H3,(H,14,15)/t9?,10?,11-/m0/s1. The molecule has 3 nitrogen and oxygen atoms in total. The van der Waals surface area contributed by atoms with Gasteiger partial charge in [-0.15, -0.1) is 0 Å². The summed E-state index contributed by atoms with van der Waals surface area (Å²) in [5, 5.41) is 6.37. The van der Waals surface area contributed by atoms with Gasteiger partial charge in [-0.3, -0.25) is 4.79 Å². The van der Waals surface area contributed by atoms with Crippen molar-refractivity contribution in [2.45, 2.75) is 58.5 Å². The van der Waals surface area contributed by atoms with Gasteiger partial charge in [0.05, 0.1) is 6.04 Å². The highest BCUT2D eigenvalue weighted by atomic mass is 16.2. The van der Waals surface area contributed by atoms with E-state index in [9.17, 15) is 4.79 Å². The third-order valence-electron chi connectivity index (χ3n) is 3.49. The molecule has 0 radical (unpaired) electrons. The molecule has 0 saturated carbocycles. The lowest BCUT2D eigenvalue weighted by atomic mass is 9.99. The lowest BCUT2D eigenvalue weighted by Gasteiger charge is -2.26. The molecule has 15 heavy (non-hydrogen) atoms. The molecule has 1 rings (SSSR count). The van der Waals surface area contributed by atoms with Crippen LogP contribution in [0.15, 0.2) is 0 Å². The number of piperidine rings is 1. The Hall–Kier alpha value is -0.570. The van der Waals surface area contributed by atoms with E-state index >= 15 is 0 Å². The highest BCUT2D eigenvalue weighted by molar-refractivity contribution is 5.82. The summed E-state index contributed by atoms with van der Waals surface area (Å²) in [6.07, 6.45) is 4.46. The van der Waals surface area contributed by atoms with Gasteiger partial charge in [0.1, 0.15) is 0 Å². The molecule has 0 spiro atoms. The fourth-order valence-electron chi connectivity index (χ4n) is 1.90. The Morgan fingerprint density at radius 2 is 2.20 bits per heavy atom. The van der Waals surface area contributed by atoms with E-state index in [1.54, 1.807) is 0 Å². The monoisotopic (exact) mass is 212 g/mol. The SMILES string of the molecule is CCC(C)C(C)NC(=O)[C@@H]1CCCCN1. The molecule has 0 bridgehead atoms. The van der Waals surface area contributed by atoms with Crippen LogP contribution in [-0.2, 0) is 4.79 Å². The highest BCUT2D eigenvalue weighted by Gasteiger charge is 2.22. The first-order chi connectivity index (χ1) is 7.15. The summed E-state index contributed by atoms with van der Waals surface area (Å²) in [7, 11) is 0. The summed E-state index contributed by atoms with van der Waals surface area (Å²) in [5.41, 5.74) is 0. The maximum Gasteiger partial charge on any atom is 0.237 e. The largest absolute Gasteiger partial charge is 0.352 e. The molecule has 1 saturated heterocycles. The molecule has 0 aromatic heterocycles. The molecule has 3 heteroatoms. The topological polar surface area (TPSA) is 41.1 Å². The van der Waals surface area contributed by atoms with Gasteiger partial charge in [0.2, 0.25) is 5.91 Å². The van der Waals surface area contributed by atoms with E-state index in [2.05, 4.69) is 31.4 Å². The number of carbonyl (C=O) groups excluding carboxylic acids is 1. The predicted molar refractivity (Wildman–Crippen MR) is 62.7 cm³/mol. The van der Waals surface area contributed by atoms with Gasteiger partial charge in [0, 0.05) is 6.04 Å². The molecular weight excluding hydrogens is 188 g/mol. The second-order valence-corrected chi connectivity index (χ2v) is 4.69. The van der Waals surface area contributed by atoms with Crippen molar-refractivity contribution in [3.8, 4) is 0 Å². The summed E-state index contributed by atoms with van der Waals surface area (Å²) in [6.45, 7) is 7.41. The van der Waals surface area contributed by atoms with Crippen molar-refractivity contribution in [1.29, 1.82) is 0 Å². The minimum Gasteiger partial charge on any atom is -0.352 e. The minimum absolute atomic E-state index is 0.0465. The Labute approximate surface area is 93.0 Å². The highest BCUT2D eigenvalue weighted by Crippen LogP contribution is 2.10. The molecule has 0 aromatic carbocycles. The molecule has 0 aliphatic carbocycles. The van der Waals surface area contributed by atoms with Gasteiger partial charge in [-0.1, -0.05) is 26.7 Å². The van der Waals surface area contributed by atoms with Crippen LogP contribution in [-0.4, -0.2) is 24.5 Å². The van der Waals surface area contributed by atoms with Crippen molar-refractivity contribution >= 4 is 5.91 Å². The van der Waals surface area contributed by atoms with Gasteiger partial charge >= 0.3 is 0 Å². The maximum absolute atomic E-state index is 11.9. The number of carbonyl (C=O) groups is 1. The Morgan fingerprint density at radius 3 is 2.73 bits per heavy atom. The summed E-state index contributed by atoms with van der Waals surface area (Å²) in [6, 6.07) is 0.330. The quantitative estimate of drug-likeness (QED) is 0.744. The average molecular weight is 212 g/mol. The molecular formula is C12H24N2O. The zero-order valence-electron chi connectivity index (χ0n) is 10.2. The first-order valence-corrected chi connectivity index (χ1v) is 6.19. The van der Waals surface area contributed by atoms with Crippen molar-refractivity contribution in [3.63, 3.8) is 0 Å². The lowest BCUT2D eigenvalue weighted by molar-refractivity contribution is -0.124. The lowest BCUT2D eigenvalue weighted by Crippen LogP contribution is -2.50. The zero-order valence-corrected chi connectivity index (χ0v) is 10.2. The number of nitrogens with one attached hydrogen (secondary N) is 2. The van der Waals surface area contributed by atoms with Crippen LogP contribution in [0.4, 0.5) is 0 Å². The van der Waals surface area contributed by atoms with E-state index in [1.165, 1.54) is 12.8 Å². The van der Waals surface area contributed by atoms with Gasteiger partial charge in [-0.25, -0.2) is 0 Å². The van der Waals surface area contributed by atoms with Gasteiger partial charge in [-0.2, -0.15) is 0 Å². The molecule has 88 valence electrons. The molecule has 1 amide bonds. The normalized spacial score (nSPS) is 25.7. The third kappa shape index (κ3) is 3.82. The molecule has 1 aliphatic heterocycles. The van der Waals surface area contributed by atoms with Crippen molar-refractivity contribution in [1.82, 2.24) is 10.6 Å². The predicted octanol–water partition coefficient (Wildman–Crippen LogP) is 1.68. The Balaban J connectivity index is 2.33. The van der Waals surface area contributed by atoms with Crippen LogP contribution in [0.1, 0.15) is 46.5 Å². The minimum atomic E-state index is 0.0465. The molecule has 3 atom stereocenters. The molecule has 1 heterocycles. The van der Waals surface area contributed by atoms with Crippen LogP contribution >= 0.6 is 0 Å². The molecule has 1 fully saturated rings. The van der Waals surface area contributed by atoms with Gasteiger partial charge in [0.25, 0.3) is 0 Å². The zero-order chi connectivity index (χ0) is 11.3. The maximum atomic E-state index is 11.9. The summed E-state index contributed by atoms with van der Waals surface area (Å²) in [5.74, 6) is 0.736. The third-order valence-corrected chi connectivity index (χ3v) is 3.49. The first kappa shape index (κ1) is 12.5. The number of hydrogen-bond donors (Lipinski definition) is 2. The van der Waals surface area contributed by atoms with Gasteiger partial charge in [0.15, 0.2) is 0 Å². The molecule has 2 N–H and O–H groups in total. The number of amides is 1. The van der Waals surface area contributed by atoms with Gasteiger partial charge in [-0.05, 0) is 32.2 Å². The average Bonchev–Trinajstić information content (AvgIpc) is 2.29. The van der Waals surface area contributed by atoms with Crippen molar-refractivity contribution in [2.24, 2.45) is 5.92 Å². The van der Waals surface area contributed by atoms with E-state index in [1.807, 2.05) is 0 Å². The van der Waals surface area contributed by atoms with Crippen LogP contribution in [0, 0.1) is 5.92 Å². The molecule has 1 aliphatic rings. The second-order valence-electron chi connectivity index (χ2n) is 4.69. The van der Waals surface area contributed by atoms with E-state index in [-0.39, 0.29) is 18.0 Å².